The SMILES string of the molecule is Cc1ccccc1-c1nc2scc(CC(C)N)n2n1. The molecule has 0 saturated carbocycles. The topological polar surface area (TPSA) is 56.2 Å². The monoisotopic (exact) mass is 272 g/mol. The molecule has 3 rings (SSSR count). The van der Waals surface area contributed by atoms with Crippen molar-refractivity contribution < 1.29 is 0 Å². The first-order valence-corrected chi connectivity index (χ1v) is 7.18. The molecular weight excluding hydrogens is 256 g/mol. The Bertz CT molecular complexity index is 711. The van der Waals surface area contributed by atoms with Crippen LogP contribution in [0.15, 0.2) is 29.6 Å². The number of fused-ring (bicyclic) bond motifs is 1. The number of nitrogens with zero attached hydrogens (tertiary/aromatic N) is 3. The second-order valence-corrected chi connectivity index (χ2v) is 5.69. The summed E-state index contributed by atoms with van der Waals surface area (Å²) in [5, 5.41) is 6.70. The molecule has 2 aromatic heterocycles. The Morgan fingerprint density at radius 3 is 2.89 bits per heavy atom. The highest BCUT2D eigenvalue weighted by Gasteiger charge is 2.13. The van der Waals surface area contributed by atoms with Crippen LogP contribution in [0.4, 0.5) is 0 Å². The summed E-state index contributed by atoms with van der Waals surface area (Å²) < 4.78 is 1.91. The van der Waals surface area contributed by atoms with Gasteiger partial charge in [0.1, 0.15) is 0 Å². The number of nitrogens with two attached hydrogens (primary N) is 1. The number of thiazole rings is 1. The smallest absolute Gasteiger partial charge is 0.212 e. The lowest BCUT2D eigenvalue weighted by Gasteiger charge is -2.02. The Morgan fingerprint density at radius 2 is 2.16 bits per heavy atom. The van der Waals surface area contributed by atoms with Gasteiger partial charge in [-0.1, -0.05) is 24.3 Å². The van der Waals surface area contributed by atoms with E-state index in [4.69, 9.17) is 5.73 Å². The standard InChI is InChI=1S/C14H16N4S/c1-9-5-3-4-6-12(9)13-16-14-18(17-13)11(8-19-14)7-10(2)15/h3-6,8,10H,7,15H2,1-2H3. The van der Waals surface area contributed by atoms with Gasteiger partial charge >= 0.3 is 0 Å². The average Bonchev–Trinajstić information content (AvgIpc) is 2.91. The maximum Gasteiger partial charge on any atom is 0.212 e. The van der Waals surface area contributed by atoms with E-state index >= 15 is 0 Å². The number of hydrogen-bond acceptors (Lipinski definition) is 4. The molecule has 2 N–H and O–H groups in total. The van der Waals surface area contributed by atoms with Gasteiger partial charge in [-0.25, -0.2) is 4.52 Å². The van der Waals surface area contributed by atoms with Gasteiger partial charge < -0.3 is 5.73 Å². The Morgan fingerprint density at radius 1 is 1.37 bits per heavy atom. The Balaban J connectivity index is 2.07. The van der Waals surface area contributed by atoms with E-state index in [9.17, 15) is 0 Å². The zero-order chi connectivity index (χ0) is 13.4. The van der Waals surface area contributed by atoms with Gasteiger partial charge in [-0.3, -0.25) is 0 Å². The number of rotatable bonds is 3. The van der Waals surface area contributed by atoms with Crippen molar-refractivity contribution in [3.8, 4) is 11.4 Å². The molecule has 4 nitrogen and oxygen atoms in total. The summed E-state index contributed by atoms with van der Waals surface area (Å²) in [6.45, 7) is 4.08. The van der Waals surface area contributed by atoms with Crippen molar-refractivity contribution in [3.05, 3.63) is 40.9 Å². The fourth-order valence-corrected chi connectivity index (χ4v) is 2.97. The molecular formula is C14H16N4S. The third kappa shape index (κ3) is 2.27. The van der Waals surface area contributed by atoms with Crippen LogP contribution in [0.25, 0.3) is 16.3 Å². The predicted molar refractivity (Wildman–Crippen MR) is 78.4 cm³/mol. The number of aryl methyl sites for hydroxylation is 1. The molecule has 0 radical (unpaired) electrons. The van der Waals surface area contributed by atoms with Crippen molar-refractivity contribution in [2.24, 2.45) is 5.73 Å². The highest BCUT2D eigenvalue weighted by molar-refractivity contribution is 7.15. The van der Waals surface area contributed by atoms with Crippen LogP contribution < -0.4 is 5.73 Å². The lowest BCUT2D eigenvalue weighted by atomic mass is 10.1. The minimum absolute atomic E-state index is 0.129. The summed E-state index contributed by atoms with van der Waals surface area (Å²) in [5.74, 6) is 0.788. The van der Waals surface area contributed by atoms with Gasteiger partial charge in [0.2, 0.25) is 4.96 Å². The van der Waals surface area contributed by atoms with Gasteiger partial charge in [0, 0.05) is 23.4 Å². The summed E-state index contributed by atoms with van der Waals surface area (Å²) in [6.07, 6.45) is 0.816. The Labute approximate surface area is 115 Å². The fraction of sp³-hybridized carbons (Fsp3) is 0.286. The van der Waals surface area contributed by atoms with Crippen molar-refractivity contribution in [1.29, 1.82) is 0 Å². The van der Waals surface area contributed by atoms with Gasteiger partial charge in [0.25, 0.3) is 0 Å². The molecule has 1 atom stereocenters. The summed E-state index contributed by atoms with van der Waals surface area (Å²) in [6, 6.07) is 8.30. The molecule has 5 heteroatoms. The van der Waals surface area contributed by atoms with E-state index in [0.29, 0.717) is 0 Å². The first-order valence-electron chi connectivity index (χ1n) is 6.30. The van der Waals surface area contributed by atoms with Crippen LogP contribution in [0.1, 0.15) is 18.2 Å². The molecule has 19 heavy (non-hydrogen) atoms. The molecule has 98 valence electrons. The summed E-state index contributed by atoms with van der Waals surface area (Å²) >= 11 is 1.61. The maximum atomic E-state index is 5.86. The van der Waals surface area contributed by atoms with Crippen molar-refractivity contribution in [2.75, 3.05) is 0 Å². The van der Waals surface area contributed by atoms with Gasteiger partial charge in [-0.2, -0.15) is 4.98 Å². The second kappa shape index (κ2) is 4.75. The molecule has 1 unspecified atom stereocenters. The molecule has 0 bridgehead atoms. The molecule has 2 heterocycles. The average molecular weight is 272 g/mol. The molecule has 0 aliphatic carbocycles. The number of aromatic nitrogens is 3. The Kier molecular flexibility index (Phi) is 3.08. The number of hydrogen-bond donors (Lipinski definition) is 1. The molecule has 0 aliphatic rings. The molecule has 0 spiro atoms. The van der Waals surface area contributed by atoms with Crippen LogP contribution in [0.3, 0.4) is 0 Å². The van der Waals surface area contributed by atoms with Gasteiger partial charge in [0.15, 0.2) is 5.82 Å². The van der Waals surface area contributed by atoms with Crippen LogP contribution >= 0.6 is 11.3 Å². The van der Waals surface area contributed by atoms with E-state index in [2.05, 4.69) is 34.5 Å². The quantitative estimate of drug-likeness (QED) is 0.797. The molecule has 0 saturated heterocycles. The molecule has 0 amide bonds. The first-order chi connectivity index (χ1) is 9.15. The summed E-state index contributed by atoms with van der Waals surface area (Å²) in [4.78, 5) is 5.53. The van der Waals surface area contributed by atoms with E-state index in [1.807, 2.05) is 23.6 Å². The van der Waals surface area contributed by atoms with Gasteiger partial charge in [0.05, 0.1) is 5.69 Å². The third-order valence-corrected chi connectivity index (χ3v) is 3.93. The second-order valence-electron chi connectivity index (χ2n) is 4.85. The molecule has 3 aromatic rings. The molecule has 0 fully saturated rings. The van der Waals surface area contributed by atoms with E-state index in [0.717, 1.165) is 28.5 Å². The Hall–Kier alpha value is -1.72. The third-order valence-electron chi connectivity index (χ3n) is 3.07. The van der Waals surface area contributed by atoms with E-state index in [1.54, 1.807) is 11.3 Å². The van der Waals surface area contributed by atoms with E-state index in [1.165, 1.54) is 5.56 Å². The van der Waals surface area contributed by atoms with Crippen molar-refractivity contribution in [3.63, 3.8) is 0 Å². The predicted octanol–water partition coefficient (Wildman–Crippen LogP) is 2.66. The molecule has 1 aromatic carbocycles. The number of benzene rings is 1. The lowest BCUT2D eigenvalue weighted by Crippen LogP contribution is -2.18. The first kappa shape index (κ1) is 12.3. The fourth-order valence-electron chi connectivity index (χ4n) is 2.13. The zero-order valence-electron chi connectivity index (χ0n) is 11.0. The van der Waals surface area contributed by atoms with Crippen molar-refractivity contribution >= 4 is 16.3 Å². The van der Waals surface area contributed by atoms with E-state index < -0.39 is 0 Å². The highest BCUT2D eigenvalue weighted by atomic mass is 32.1. The zero-order valence-corrected chi connectivity index (χ0v) is 11.8. The van der Waals surface area contributed by atoms with Crippen LogP contribution in [0, 0.1) is 6.92 Å². The highest BCUT2D eigenvalue weighted by Crippen LogP contribution is 2.23. The van der Waals surface area contributed by atoms with Crippen LogP contribution in [-0.2, 0) is 6.42 Å². The van der Waals surface area contributed by atoms with E-state index in [-0.39, 0.29) is 6.04 Å². The summed E-state index contributed by atoms with van der Waals surface area (Å²) in [5.41, 5.74) is 9.26. The minimum atomic E-state index is 0.129. The van der Waals surface area contributed by atoms with Crippen LogP contribution in [0.5, 0.6) is 0 Å². The minimum Gasteiger partial charge on any atom is -0.328 e. The van der Waals surface area contributed by atoms with Gasteiger partial charge in [-0.15, -0.1) is 16.4 Å². The molecule has 0 aliphatic heterocycles. The van der Waals surface area contributed by atoms with Crippen molar-refractivity contribution in [1.82, 2.24) is 14.6 Å². The van der Waals surface area contributed by atoms with Crippen molar-refractivity contribution in [2.45, 2.75) is 26.3 Å². The van der Waals surface area contributed by atoms with Gasteiger partial charge in [-0.05, 0) is 19.4 Å². The normalized spacial score (nSPS) is 13.0. The van der Waals surface area contributed by atoms with Crippen LogP contribution in [-0.4, -0.2) is 20.6 Å². The largest absolute Gasteiger partial charge is 0.328 e. The lowest BCUT2D eigenvalue weighted by molar-refractivity contribution is 0.703. The van der Waals surface area contributed by atoms with Crippen LogP contribution in [0.2, 0.25) is 0 Å². The summed E-state index contributed by atoms with van der Waals surface area (Å²) in [7, 11) is 0. The maximum absolute atomic E-state index is 5.86.